The van der Waals surface area contributed by atoms with Crippen LogP contribution in [0.2, 0.25) is 5.02 Å². The smallest absolute Gasteiger partial charge is 0.240 e. The van der Waals surface area contributed by atoms with Crippen LogP contribution in [0, 0.1) is 0 Å². The summed E-state index contributed by atoms with van der Waals surface area (Å²) >= 11 is 9.39. The van der Waals surface area contributed by atoms with Crippen molar-refractivity contribution in [3.63, 3.8) is 0 Å². The van der Waals surface area contributed by atoms with E-state index in [1.807, 2.05) is 48.5 Å². The summed E-state index contributed by atoms with van der Waals surface area (Å²) in [7, 11) is -3.66. The van der Waals surface area contributed by atoms with Gasteiger partial charge in [-0.1, -0.05) is 57.9 Å². The van der Waals surface area contributed by atoms with Gasteiger partial charge in [0.1, 0.15) is 11.9 Å². The van der Waals surface area contributed by atoms with E-state index in [1.54, 1.807) is 37.3 Å². The summed E-state index contributed by atoms with van der Waals surface area (Å²) in [5.41, 5.74) is 1.00. The van der Waals surface area contributed by atoms with E-state index in [0.29, 0.717) is 17.2 Å². The Morgan fingerprint density at radius 2 is 1.59 bits per heavy atom. The van der Waals surface area contributed by atoms with Crippen LogP contribution < -0.4 is 9.46 Å². The molecule has 0 aliphatic heterocycles. The summed E-state index contributed by atoms with van der Waals surface area (Å²) in [4.78, 5) is 0.223. The van der Waals surface area contributed by atoms with E-state index in [0.717, 1.165) is 10.0 Å². The molecule has 0 radical (unpaired) electrons. The summed E-state index contributed by atoms with van der Waals surface area (Å²) in [5.74, 6) is 0.665. The van der Waals surface area contributed by atoms with Gasteiger partial charge in [0, 0.05) is 15.9 Å². The molecule has 0 heterocycles. The predicted molar refractivity (Wildman–Crippen MR) is 120 cm³/mol. The van der Waals surface area contributed by atoms with Crippen LogP contribution in [-0.4, -0.2) is 20.6 Å². The SMILES string of the molecule is CC(NS(=O)(=O)c1ccccc1)C(Cc1ccc(Cl)cc1)Oc1ccc(Br)cc1. The summed E-state index contributed by atoms with van der Waals surface area (Å²) in [6.45, 7) is 1.81. The largest absolute Gasteiger partial charge is 0.488 e. The second-order valence-electron chi connectivity index (χ2n) is 6.66. The Morgan fingerprint density at radius 1 is 0.966 bits per heavy atom. The third kappa shape index (κ3) is 6.31. The first-order valence-electron chi connectivity index (χ1n) is 9.07. The van der Waals surface area contributed by atoms with E-state index in [9.17, 15) is 8.42 Å². The molecule has 0 bridgehead atoms. The molecule has 1 N–H and O–H groups in total. The minimum atomic E-state index is -3.66. The van der Waals surface area contributed by atoms with Crippen LogP contribution in [0.3, 0.4) is 0 Å². The lowest BCUT2D eigenvalue weighted by Crippen LogP contribution is -2.45. The van der Waals surface area contributed by atoms with Gasteiger partial charge >= 0.3 is 0 Å². The van der Waals surface area contributed by atoms with Crippen molar-refractivity contribution in [3.05, 3.63) is 93.9 Å². The molecule has 7 heteroatoms. The highest BCUT2D eigenvalue weighted by atomic mass is 79.9. The van der Waals surface area contributed by atoms with Gasteiger partial charge < -0.3 is 4.74 Å². The lowest BCUT2D eigenvalue weighted by molar-refractivity contribution is 0.170. The Bertz CT molecular complexity index is 978. The van der Waals surface area contributed by atoms with Gasteiger partial charge in [0.25, 0.3) is 0 Å². The molecule has 29 heavy (non-hydrogen) atoms. The zero-order valence-electron chi connectivity index (χ0n) is 15.8. The van der Waals surface area contributed by atoms with Gasteiger partial charge in [0.15, 0.2) is 0 Å². The van der Waals surface area contributed by atoms with Gasteiger partial charge in [-0.3, -0.25) is 0 Å². The van der Waals surface area contributed by atoms with E-state index < -0.39 is 22.2 Å². The fourth-order valence-corrected chi connectivity index (χ4v) is 4.53. The maximum atomic E-state index is 12.8. The van der Waals surface area contributed by atoms with Gasteiger partial charge in [-0.15, -0.1) is 0 Å². The Hall–Kier alpha value is -1.86. The molecule has 0 aromatic heterocycles. The highest BCUT2D eigenvalue weighted by Gasteiger charge is 2.25. The number of hydrogen-bond donors (Lipinski definition) is 1. The van der Waals surface area contributed by atoms with Gasteiger partial charge in [0.05, 0.1) is 10.9 Å². The first-order chi connectivity index (χ1) is 13.8. The molecule has 0 spiro atoms. The predicted octanol–water partition coefficient (Wildman–Crippen LogP) is 5.46. The molecule has 3 aromatic rings. The molecule has 0 aliphatic carbocycles. The van der Waals surface area contributed by atoms with Gasteiger partial charge in [-0.25, -0.2) is 13.1 Å². The zero-order chi connectivity index (χ0) is 20.9. The molecule has 0 amide bonds. The Labute approximate surface area is 185 Å². The van der Waals surface area contributed by atoms with Crippen molar-refractivity contribution in [1.29, 1.82) is 0 Å². The highest BCUT2D eigenvalue weighted by molar-refractivity contribution is 9.10. The van der Waals surface area contributed by atoms with Crippen molar-refractivity contribution in [2.24, 2.45) is 0 Å². The van der Waals surface area contributed by atoms with Crippen LogP contribution in [0.1, 0.15) is 12.5 Å². The van der Waals surface area contributed by atoms with Crippen LogP contribution >= 0.6 is 27.5 Å². The number of ether oxygens (including phenoxy) is 1. The Kier molecular flexibility index (Phi) is 7.35. The fraction of sp³-hybridized carbons (Fsp3) is 0.182. The summed E-state index contributed by atoms with van der Waals surface area (Å²) in [6, 6.07) is 22.7. The second kappa shape index (κ2) is 9.76. The maximum Gasteiger partial charge on any atom is 0.240 e. The van der Waals surface area contributed by atoms with Crippen molar-refractivity contribution >= 4 is 37.6 Å². The van der Waals surface area contributed by atoms with Crippen molar-refractivity contribution in [3.8, 4) is 5.75 Å². The summed E-state index contributed by atoms with van der Waals surface area (Å²) in [6.07, 6.45) is 0.0990. The normalized spacial score (nSPS) is 13.6. The van der Waals surface area contributed by atoms with Crippen molar-refractivity contribution < 1.29 is 13.2 Å². The number of halogens is 2. The quantitative estimate of drug-likeness (QED) is 0.452. The molecule has 3 aromatic carbocycles. The topological polar surface area (TPSA) is 55.4 Å². The lowest BCUT2D eigenvalue weighted by Gasteiger charge is -2.26. The van der Waals surface area contributed by atoms with Crippen molar-refractivity contribution in [2.75, 3.05) is 0 Å². The average Bonchev–Trinajstić information content (AvgIpc) is 2.71. The molecular formula is C22H21BrClNO3S. The van der Waals surface area contributed by atoms with E-state index in [1.165, 1.54) is 0 Å². The molecule has 0 aliphatic rings. The van der Waals surface area contributed by atoms with Gasteiger partial charge in [-0.05, 0) is 61.0 Å². The molecule has 2 unspecified atom stereocenters. The maximum absolute atomic E-state index is 12.8. The molecular weight excluding hydrogens is 474 g/mol. The van der Waals surface area contributed by atoms with Crippen LogP contribution in [0.15, 0.2) is 88.2 Å². The Morgan fingerprint density at radius 3 is 2.21 bits per heavy atom. The molecule has 2 atom stereocenters. The number of nitrogens with one attached hydrogen (secondary N) is 1. The van der Waals surface area contributed by atoms with Gasteiger partial charge in [-0.2, -0.15) is 0 Å². The number of rotatable bonds is 8. The highest BCUT2D eigenvalue weighted by Crippen LogP contribution is 2.21. The molecule has 0 saturated carbocycles. The van der Waals surface area contributed by atoms with Crippen LogP contribution in [0.5, 0.6) is 5.75 Å². The monoisotopic (exact) mass is 493 g/mol. The molecule has 0 saturated heterocycles. The number of benzene rings is 3. The number of sulfonamides is 1. The molecule has 0 fully saturated rings. The lowest BCUT2D eigenvalue weighted by atomic mass is 10.0. The first kappa shape index (κ1) is 21.8. The van der Waals surface area contributed by atoms with E-state index in [-0.39, 0.29) is 4.90 Å². The zero-order valence-corrected chi connectivity index (χ0v) is 18.9. The van der Waals surface area contributed by atoms with Gasteiger partial charge in [0.2, 0.25) is 10.0 Å². The fourth-order valence-electron chi connectivity index (χ4n) is 2.85. The van der Waals surface area contributed by atoms with E-state index in [4.69, 9.17) is 16.3 Å². The minimum Gasteiger partial charge on any atom is -0.488 e. The van der Waals surface area contributed by atoms with Crippen LogP contribution in [0.25, 0.3) is 0 Å². The first-order valence-corrected chi connectivity index (χ1v) is 11.7. The standard InChI is InChI=1S/C22H21BrClNO3S/c1-16(25-29(26,27)21-5-3-2-4-6-21)22(15-17-7-11-19(24)12-8-17)28-20-13-9-18(23)10-14-20/h2-14,16,22,25H,15H2,1H3. The molecule has 3 rings (SSSR count). The van der Waals surface area contributed by atoms with E-state index >= 15 is 0 Å². The minimum absolute atomic E-state index is 0.223. The van der Waals surface area contributed by atoms with E-state index in [2.05, 4.69) is 20.7 Å². The third-order valence-electron chi connectivity index (χ3n) is 4.40. The second-order valence-corrected chi connectivity index (χ2v) is 9.73. The van der Waals surface area contributed by atoms with Crippen molar-refractivity contribution in [1.82, 2.24) is 4.72 Å². The average molecular weight is 495 g/mol. The molecule has 152 valence electrons. The van der Waals surface area contributed by atoms with Crippen LogP contribution in [0.4, 0.5) is 0 Å². The third-order valence-corrected chi connectivity index (χ3v) is 6.76. The summed E-state index contributed by atoms with van der Waals surface area (Å²) in [5, 5.41) is 0.650. The van der Waals surface area contributed by atoms with Crippen LogP contribution in [-0.2, 0) is 16.4 Å². The summed E-state index contributed by atoms with van der Waals surface area (Å²) < 4.78 is 35.4. The number of hydrogen-bond acceptors (Lipinski definition) is 3. The Balaban J connectivity index is 1.82. The van der Waals surface area contributed by atoms with Crippen molar-refractivity contribution in [2.45, 2.75) is 30.4 Å². The molecule has 4 nitrogen and oxygen atoms in total.